The van der Waals surface area contributed by atoms with Gasteiger partial charge in [0.05, 0.1) is 6.61 Å². The van der Waals surface area contributed by atoms with E-state index in [0.717, 1.165) is 12.8 Å². The van der Waals surface area contributed by atoms with E-state index in [9.17, 15) is 9.59 Å². The van der Waals surface area contributed by atoms with Gasteiger partial charge in [-0.2, -0.15) is 0 Å². The molecule has 0 fully saturated rings. The summed E-state index contributed by atoms with van der Waals surface area (Å²) >= 11 is 0. The van der Waals surface area contributed by atoms with Crippen molar-refractivity contribution in [3.05, 3.63) is 0 Å². The van der Waals surface area contributed by atoms with Crippen LogP contribution < -0.4 is 0 Å². The minimum absolute atomic E-state index is 0. The van der Waals surface area contributed by atoms with Crippen molar-refractivity contribution < 1.29 is 22.3 Å². The normalized spacial score (nSPS) is 11.3. The summed E-state index contributed by atoms with van der Waals surface area (Å²) in [4.78, 5) is 20.8. The van der Waals surface area contributed by atoms with Crippen LogP contribution in [0.3, 0.4) is 0 Å². The zero-order chi connectivity index (χ0) is 10.3. The van der Waals surface area contributed by atoms with Crippen LogP contribution in [0.15, 0.2) is 0 Å². The molecule has 0 saturated carbocycles. The summed E-state index contributed by atoms with van der Waals surface area (Å²) in [7, 11) is 0. The maximum absolute atomic E-state index is 10.8. The van der Waals surface area contributed by atoms with Crippen molar-refractivity contribution in [2.24, 2.45) is 5.92 Å². The second-order valence-electron chi connectivity index (χ2n) is 3.15. The molecule has 0 aromatic rings. The molecule has 0 amide bonds. The average molecular weight is 230 g/mol. The van der Waals surface area contributed by atoms with Crippen LogP contribution in [0.2, 0.25) is 0 Å². The number of hydrogen-bond donors (Lipinski definition) is 1. The van der Waals surface area contributed by atoms with Crippen molar-refractivity contribution >= 4 is 49.7 Å². The summed E-state index contributed by atoms with van der Waals surface area (Å²) in [6.45, 7) is 4.34. The maximum atomic E-state index is 10.8. The van der Waals surface area contributed by atoms with Gasteiger partial charge in [-0.25, -0.2) is 0 Å². The molecule has 5 heteroatoms. The van der Waals surface area contributed by atoms with E-state index >= 15 is 0 Å². The van der Waals surface area contributed by atoms with Gasteiger partial charge in [0, 0.05) is 0 Å². The fourth-order valence-electron chi connectivity index (χ4n) is 0.986. The van der Waals surface area contributed by atoms with Crippen LogP contribution in [-0.2, 0) is 14.3 Å². The maximum Gasteiger partial charge on any atom is 2.00 e. The minimum Gasteiger partial charge on any atom is -1.00 e. The van der Waals surface area contributed by atoms with Gasteiger partial charge in [0.2, 0.25) is 0 Å². The van der Waals surface area contributed by atoms with Gasteiger partial charge in [-0.05, 0) is 12.3 Å². The van der Waals surface area contributed by atoms with Crippen LogP contribution in [0.1, 0.15) is 36.0 Å². The van der Waals surface area contributed by atoms with Crippen molar-refractivity contribution in [3.63, 3.8) is 0 Å². The number of ether oxygens (including phenoxy) is 1. The second kappa shape index (κ2) is 9.74. The largest absolute Gasteiger partial charge is 2.00 e. The molecule has 0 aliphatic rings. The Morgan fingerprint density at radius 2 is 2.07 bits per heavy atom. The molecule has 1 atom stereocenters. The molecule has 0 aromatic carbocycles. The molecule has 4 nitrogen and oxygen atoms in total. The number of hydrogen-bond acceptors (Lipinski definition) is 3. The van der Waals surface area contributed by atoms with E-state index in [1.165, 1.54) is 0 Å². The van der Waals surface area contributed by atoms with Crippen LogP contribution in [0, 0.1) is 5.92 Å². The minimum atomic E-state index is -1.15. The van der Waals surface area contributed by atoms with Gasteiger partial charge < -0.3 is 12.7 Å². The summed E-state index contributed by atoms with van der Waals surface area (Å²) in [5, 5.41) is 8.25. The quantitative estimate of drug-likeness (QED) is 0.424. The van der Waals surface area contributed by atoms with E-state index in [0.29, 0.717) is 12.5 Å². The SMILES string of the molecule is CCCC(C)COC(=O)CC(=O)O.[Ca+2].[H-].[H-]. The number of rotatable bonds is 6. The topological polar surface area (TPSA) is 63.6 Å². The Kier molecular flexibility index (Phi) is 11.6. The number of aliphatic carboxylic acids is 1. The van der Waals surface area contributed by atoms with Gasteiger partial charge in [0.25, 0.3) is 0 Å². The molecule has 0 radical (unpaired) electrons. The first-order valence-electron chi connectivity index (χ1n) is 4.43. The fourth-order valence-corrected chi connectivity index (χ4v) is 0.986. The van der Waals surface area contributed by atoms with Crippen LogP contribution >= 0.6 is 0 Å². The molecule has 0 aromatic heterocycles. The Morgan fingerprint density at radius 1 is 1.50 bits per heavy atom. The fraction of sp³-hybridized carbons (Fsp3) is 0.778. The molecule has 0 aliphatic heterocycles. The first-order chi connectivity index (χ1) is 6.06. The van der Waals surface area contributed by atoms with Crippen LogP contribution in [0.4, 0.5) is 0 Å². The zero-order valence-electron chi connectivity index (χ0n) is 10.8. The molecule has 80 valence electrons. The van der Waals surface area contributed by atoms with Gasteiger partial charge in [0.15, 0.2) is 0 Å². The van der Waals surface area contributed by atoms with Gasteiger partial charge >= 0.3 is 49.7 Å². The molecule has 0 saturated heterocycles. The first kappa shape index (κ1) is 16.6. The summed E-state index contributed by atoms with van der Waals surface area (Å²) in [5.41, 5.74) is 0. The summed E-state index contributed by atoms with van der Waals surface area (Å²) in [5.74, 6) is -1.49. The third-order valence-electron chi connectivity index (χ3n) is 1.61. The summed E-state index contributed by atoms with van der Waals surface area (Å²) in [6, 6.07) is 0. The van der Waals surface area contributed by atoms with Crippen LogP contribution in [-0.4, -0.2) is 61.4 Å². The predicted octanol–water partition coefficient (Wildman–Crippen LogP) is 1.28. The summed E-state index contributed by atoms with van der Waals surface area (Å²) < 4.78 is 4.75. The molecule has 0 aliphatic carbocycles. The zero-order valence-corrected chi connectivity index (χ0v) is 11.0. The third-order valence-corrected chi connectivity index (χ3v) is 1.61. The molecule has 0 heterocycles. The van der Waals surface area contributed by atoms with Gasteiger partial charge in [-0.1, -0.05) is 20.3 Å². The molecule has 0 bridgehead atoms. The van der Waals surface area contributed by atoms with Crippen LogP contribution in [0.5, 0.6) is 0 Å². The van der Waals surface area contributed by atoms with Crippen molar-refractivity contribution in [1.82, 2.24) is 0 Å². The molecular formula is C9H18CaO4. The second-order valence-corrected chi connectivity index (χ2v) is 3.15. The Labute approximate surface area is 117 Å². The van der Waals surface area contributed by atoms with Crippen LogP contribution in [0.25, 0.3) is 0 Å². The van der Waals surface area contributed by atoms with E-state index in [4.69, 9.17) is 9.84 Å². The van der Waals surface area contributed by atoms with Gasteiger partial charge in [-0.3, -0.25) is 9.59 Å². The Bertz CT molecular complexity index is 190. The first-order valence-corrected chi connectivity index (χ1v) is 4.43. The average Bonchev–Trinajstić information content (AvgIpc) is 2.00. The summed E-state index contributed by atoms with van der Waals surface area (Å²) in [6.07, 6.45) is 1.48. The molecular weight excluding hydrogens is 212 g/mol. The van der Waals surface area contributed by atoms with Crippen molar-refractivity contribution in [3.8, 4) is 0 Å². The molecule has 14 heavy (non-hydrogen) atoms. The number of carboxylic acid groups (broad SMARTS) is 1. The Morgan fingerprint density at radius 3 is 2.50 bits per heavy atom. The van der Waals surface area contributed by atoms with Gasteiger partial charge in [0.1, 0.15) is 6.42 Å². The number of carboxylic acids is 1. The Hall–Kier alpha value is 0.200. The molecule has 0 rings (SSSR count). The van der Waals surface area contributed by atoms with Gasteiger partial charge in [-0.15, -0.1) is 0 Å². The standard InChI is InChI=1S/C9H16O4.Ca.2H/c1-3-4-7(2)6-13-9(12)5-8(10)11;;;/h7H,3-6H2,1-2H3,(H,10,11);;;/q;+2;2*-1. The van der Waals surface area contributed by atoms with E-state index in [1.807, 2.05) is 6.92 Å². The Balaban J connectivity index is -0.000000240. The van der Waals surface area contributed by atoms with E-state index in [1.54, 1.807) is 0 Å². The predicted molar refractivity (Wildman–Crippen MR) is 55.3 cm³/mol. The molecule has 1 unspecified atom stereocenters. The number of carbonyl (C=O) groups is 2. The monoisotopic (exact) mass is 230 g/mol. The van der Waals surface area contributed by atoms with Crippen molar-refractivity contribution in [2.45, 2.75) is 33.1 Å². The van der Waals surface area contributed by atoms with E-state index in [-0.39, 0.29) is 40.6 Å². The third kappa shape index (κ3) is 10.3. The smallest absolute Gasteiger partial charge is 1.00 e. The molecule has 0 spiro atoms. The van der Waals surface area contributed by atoms with E-state index < -0.39 is 18.4 Å². The number of carbonyl (C=O) groups excluding carboxylic acids is 1. The van der Waals surface area contributed by atoms with E-state index in [2.05, 4.69) is 6.92 Å². The molecule has 1 N–H and O–H groups in total. The van der Waals surface area contributed by atoms with Crippen molar-refractivity contribution in [1.29, 1.82) is 0 Å². The van der Waals surface area contributed by atoms with Crippen molar-refractivity contribution in [2.75, 3.05) is 6.61 Å². The number of esters is 1.